The topological polar surface area (TPSA) is 99.4 Å². The number of hydrogen-bond acceptors (Lipinski definition) is 4. The SMILES string of the molecule is COc1cccc(C#N)c1NC(=O)[C@H]1[C@@H](C(=O)O)C1(C)C. The van der Waals surface area contributed by atoms with E-state index in [1.165, 1.54) is 7.11 Å². The van der Waals surface area contributed by atoms with Crippen LogP contribution in [-0.2, 0) is 9.59 Å². The van der Waals surface area contributed by atoms with Gasteiger partial charge in [0.05, 0.1) is 24.5 Å². The number of benzene rings is 1. The largest absolute Gasteiger partial charge is 0.495 e. The second-order valence-electron chi connectivity index (χ2n) is 5.60. The summed E-state index contributed by atoms with van der Waals surface area (Å²) in [7, 11) is 1.44. The van der Waals surface area contributed by atoms with E-state index < -0.39 is 29.1 Å². The van der Waals surface area contributed by atoms with Gasteiger partial charge in [-0.25, -0.2) is 0 Å². The molecule has 0 spiro atoms. The molecule has 1 aromatic carbocycles. The summed E-state index contributed by atoms with van der Waals surface area (Å²) in [6, 6.07) is 6.81. The normalized spacial score (nSPS) is 22.0. The van der Waals surface area contributed by atoms with Gasteiger partial charge in [-0.05, 0) is 17.5 Å². The number of nitrogens with one attached hydrogen (secondary N) is 1. The van der Waals surface area contributed by atoms with E-state index in [9.17, 15) is 9.59 Å². The van der Waals surface area contributed by atoms with Crippen LogP contribution in [0.25, 0.3) is 0 Å². The summed E-state index contributed by atoms with van der Waals surface area (Å²) in [4.78, 5) is 23.4. The zero-order valence-corrected chi connectivity index (χ0v) is 12.0. The number of carboxylic acid groups (broad SMARTS) is 1. The molecule has 110 valence electrons. The third-order valence-corrected chi connectivity index (χ3v) is 3.99. The van der Waals surface area contributed by atoms with Gasteiger partial charge in [-0.3, -0.25) is 9.59 Å². The number of carboxylic acids is 1. The van der Waals surface area contributed by atoms with Crippen LogP contribution in [-0.4, -0.2) is 24.1 Å². The average molecular weight is 288 g/mol. The second kappa shape index (κ2) is 5.09. The number of nitriles is 1. The first-order valence-electron chi connectivity index (χ1n) is 6.45. The molecule has 0 aliphatic heterocycles. The van der Waals surface area contributed by atoms with Gasteiger partial charge in [0.25, 0.3) is 0 Å². The molecule has 0 aromatic heterocycles. The van der Waals surface area contributed by atoms with Gasteiger partial charge < -0.3 is 15.2 Å². The summed E-state index contributed by atoms with van der Waals surface area (Å²) in [5.41, 5.74) is -0.0440. The minimum Gasteiger partial charge on any atom is -0.495 e. The van der Waals surface area contributed by atoms with E-state index in [4.69, 9.17) is 15.1 Å². The fourth-order valence-corrected chi connectivity index (χ4v) is 2.71. The van der Waals surface area contributed by atoms with Crippen LogP contribution in [0.1, 0.15) is 19.4 Å². The van der Waals surface area contributed by atoms with Crippen LogP contribution in [0, 0.1) is 28.6 Å². The van der Waals surface area contributed by atoms with Crippen molar-refractivity contribution in [2.45, 2.75) is 13.8 Å². The number of rotatable bonds is 4. The van der Waals surface area contributed by atoms with Crippen LogP contribution in [0.4, 0.5) is 5.69 Å². The van der Waals surface area contributed by atoms with Crippen molar-refractivity contribution < 1.29 is 19.4 Å². The summed E-state index contributed by atoms with van der Waals surface area (Å²) < 4.78 is 5.13. The van der Waals surface area contributed by atoms with Crippen LogP contribution >= 0.6 is 0 Å². The maximum absolute atomic E-state index is 12.3. The molecule has 1 saturated carbocycles. The molecular weight excluding hydrogens is 272 g/mol. The number of hydrogen-bond donors (Lipinski definition) is 2. The maximum atomic E-state index is 12.3. The van der Waals surface area contributed by atoms with Crippen LogP contribution in [0.2, 0.25) is 0 Å². The molecule has 1 aliphatic carbocycles. The second-order valence-corrected chi connectivity index (χ2v) is 5.60. The van der Waals surface area contributed by atoms with Crippen molar-refractivity contribution in [3.63, 3.8) is 0 Å². The Morgan fingerprint density at radius 1 is 1.38 bits per heavy atom. The number of anilines is 1. The zero-order chi connectivity index (χ0) is 15.8. The summed E-state index contributed by atoms with van der Waals surface area (Å²) in [6.45, 7) is 3.48. The van der Waals surface area contributed by atoms with Crippen LogP contribution in [0.15, 0.2) is 18.2 Å². The number of carbonyl (C=O) groups excluding carboxylic acids is 1. The Balaban J connectivity index is 2.26. The molecule has 0 unspecified atom stereocenters. The Morgan fingerprint density at radius 2 is 2.05 bits per heavy atom. The highest BCUT2D eigenvalue weighted by Gasteiger charge is 2.65. The maximum Gasteiger partial charge on any atom is 0.307 e. The van der Waals surface area contributed by atoms with E-state index >= 15 is 0 Å². The third-order valence-electron chi connectivity index (χ3n) is 3.99. The van der Waals surface area contributed by atoms with Crippen LogP contribution in [0.3, 0.4) is 0 Å². The number of amides is 1. The fourth-order valence-electron chi connectivity index (χ4n) is 2.71. The Bertz CT molecular complexity index is 646. The first-order valence-corrected chi connectivity index (χ1v) is 6.45. The fraction of sp³-hybridized carbons (Fsp3) is 0.400. The highest BCUT2D eigenvalue weighted by atomic mass is 16.5. The molecule has 2 N–H and O–H groups in total. The first kappa shape index (κ1) is 14.9. The van der Waals surface area contributed by atoms with E-state index in [2.05, 4.69) is 5.32 Å². The lowest BCUT2D eigenvalue weighted by atomic mass is 10.1. The van der Waals surface area contributed by atoms with Crippen LogP contribution < -0.4 is 10.1 Å². The Morgan fingerprint density at radius 3 is 2.52 bits per heavy atom. The van der Waals surface area contributed by atoms with E-state index in [1.54, 1.807) is 32.0 Å². The van der Waals surface area contributed by atoms with Gasteiger partial charge in [0.1, 0.15) is 17.5 Å². The molecule has 1 aromatic rings. The van der Waals surface area contributed by atoms with Gasteiger partial charge in [-0.1, -0.05) is 19.9 Å². The number of carbonyl (C=O) groups is 2. The lowest BCUT2D eigenvalue weighted by molar-refractivity contribution is -0.140. The number of para-hydroxylation sites is 1. The minimum absolute atomic E-state index is 0.271. The average Bonchev–Trinajstić information content (AvgIpc) is 3.02. The van der Waals surface area contributed by atoms with Crippen LogP contribution in [0.5, 0.6) is 5.75 Å². The number of methoxy groups -OCH3 is 1. The van der Waals surface area contributed by atoms with Crippen molar-refractivity contribution in [2.24, 2.45) is 17.3 Å². The van der Waals surface area contributed by atoms with Gasteiger partial charge in [0.2, 0.25) is 5.91 Å². The third kappa shape index (κ3) is 2.42. The molecular formula is C15H16N2O4. The van der Waals surface area contributed by atoms with Gasteiger partial charge >= 0.3 is 5.97 Å². The summed E-state index contributed by atoms with van der Waals surface area (Å²) >= 11 is 0. The van der Waals surface area contributed by atoms with E-state index in [1.807, 2.05) is 6.07 Å². The van der Waals surface area contributed by atoms with Gasteiger partial charge in [0.15, 0.2) is 0 Å². The minimum atomic E-state index is -0.985. The highest BCUT2D eigenvalue weighted by Crippen LogP contribution is 2.58. The standard InChI is InChI=1S/C15H16N2O4/c1-15(2)10(11(15)14(19)20)13(18)17-12-8(7-16)5-4-6-9(12)21-3/h4-6,10-11H,1-3H3,(H,17,18)(H,19,20)/t10-,11+/m1/s1. The molecule has 1 aliphatic rings. The molecule has 2 atom stereocenters. The monoisotopic (exact) mass is 288 g/mol. The highest BCUT2D eigenvalue weighted by molar-refractivity contribution is 6.01. The molecule has 0 heterocycles. The molecule has 6 nitrogen and oxygen atoms in total. The summed E-state index contributed by atoms with van der Waals surface area (Å²) in [5.74, 6) is -2.36. The quantitative estimate of drug-likeness (QED) is 0.881. The van der Waals surface area contributed by atoms with Gasteiger partial charge in [-0.15, -0.1) is 0 Å². The zero-order valence-electron chi connectivity index (χ0n) is 12.0. The van der Waals surface area contributed by atoms with Crippen molar-refractivity contribution in [3.05, 3.63) is 23.8 Å². The van der Waals surface area contributed by atoms with Gasteiger partial charge in [-0.2, -0.15) is 5.26 Å². The van der Waals surface area contributed by atoms with E-state index in [0.29, 0.717) is 5.75 Å². The Hall–Kier alpha value is -2.55. The van der Waals surface area contributed by atoms with Crippen molar-refractivity contribution >= 4 is 17.6 Å². The van der Waals surface area contributed by atoms with Crippen molar-refractivity contribution in [2.75, 3.05) is 12.4 Å². The molecule has 0 radical (unpaired) electrons. The van der Waals surface area contributed by atoms with E-state index in [0.717, 1.165) is 0 Å². The predicted octanol–water partition coefficient (Wildman–Crippen LogP) is 1.86. The first-order chi connectivity index (χ1) is 9.84. The molecule has 0 saturated heterocycles. The number of ether oxygens (including phenoxy) is 1. The summed E-state index contributed by atoms with van der Waals surface area (Å²) in [5, 5.41) is 20.8. The smallest absolute Gasteiger partial charge is 0.307 e. The molecule has 6 heteroatoms. The van der Waals surface area contributed by atoms with Crippen molar-refractivity contribution in [1.82, 2.24) is 0 Å². The molecule has 1 amide bonds. The van der Waals surface area contributed by atoms with E-state index in [-0.39, 0.29) is 11.3 Å². The lowest BCUT2D eigenvalue weighted by Gasteiger charge is -2.12. The lowest BCUT2D eigenvalue weighted by Crippen LogP contribution is -2.19. The summed E-state index contributed by atoms with van der Waals surface area (Å²) in [6.07, 6.45) is 0. The molecule has 0 bridgehead atoms. The van der Waals surface area contributed by atoms with Crippen molar-refractivity contribution in [1.29, 1.82) is 5.26 Å². The number of nitrogens with zero attached hydrogens (tertiary/aromatic N) is 1. The predicted molar refractivity (Wildman–Crippen MR) is 74.7 cm³/mol. The molecule has 21 heavy (non-hydrogen) atoms. The number of aliphatic carboxylic acids is 1. The van der Waals surface area contributed by atoms with Gasteiger partial charge in [0, 0.05) is 0 Å². The Kier molecular flexibility index (Phi) is 3.60. The van der Waals surface area contributed by atoms with Crippen molar-refractivity contribution in [3.8, 4) is 11.8 Å². The Labute approximate surface area is 122 Å². The molecule has 2 rings (SSSR count). The molecule has 1 fully saturated rings.